The second-order valence-corrected chi connectivity index (χ2v) is 7.17. The zero-order valence-electron chi connectivity index (χ0n) is 17.5. The summed E-state index contributed by atoms with van der Waals surface area (Å²) in [5.74, 6) is 0.260. The molecule has 0 N–H and O–H groups in total. The van der Waals surface area contributed by atoms with Crippen LogP contribution in [0.15, 0.2) is 68.6 Å². The third-order valence-corrected chi connectivity index (χ3v) is 5.12. The molecule has 1 aliphatic rings. The van der Waals surface area contributed by atoms with Crippen LogP contribution >= 0.6 is 0 Å². The van der Waals surface area contributed by atoms with Gasteiger partial charge in [-0.25, -0.2) is 0 Å². The fourth-order valence-electron chi connectivity index (χ4n) is 3.36. The maximum atomic E-state index is 12.7. The number of rotatable bonds is 6. The number of methoxy groups -OCH3 is 1. The Morgan fingerprint density at radius 2 is 1.66 bits per heavy atom. The Bertz CT molecular complexity index is 1150. The van der Waals surface area contributed by atoms with Crippen molar-refractivity contribution in [3.63, 3.8) is 0 Å². The van der Waals surface area contributed by atoms with Crippen molar-refractivity contribution < 1.29 is 27.9 Å². The predicted molar refractivity (Wildman–Crippen MR) is 113 cm³/mol. The first kappa shape index (κ1) is 21.2. The topological polar surface area (TPSA) is 102 Å². The van der Waals surface area contributed by atoms with Crippen LogP contribution in [0.25, 0.3) is 0 Å². The van der Waals surface area contributed by atoms with Crippen LogP contribution in [-0.4, -0.2) is 54.9 Å². The number of nitrogens with zero attached hydrogens (tertiary/aromatic N) is 2. The van der Waals surface area contributed by atoms with E-state index < -0.39 is 11.3 Å². The van der Waals surface area contributed by atoms with Gasteiger partial charge in [0.1, 0.15) is 18.6 Å². The van der Waals surface area contributed by atoms with Gasteiger partial charge in [0.25, 0.3) is 11.8 Å². The van der Waals surface area contributed by atoms with E-state index in [4.69, 9.17) is 18.3 Å². The number of carbonyl (C=O) groups is 2. The Balaban J connectivity index is 1.35. The van der Waals surface area contributed by atoms with Crippen molar-refractivity contribution >= 4 is 11.8 Å². The molecule has 0 saturated carbocycles. The van der Waals surface area contributed by atoms with Gasteiger partial charge in [-0.2, -0.15) is 0 Å². The average molecular weight is 438 g/mol. The summed E-state index contributed by atoms with van der Waals surface area (Å²) in [6.45, 7) is 1.52. The Labute approximate surface area is 183 Å². The van der Waals surface area contributed by atoms with Crippen LogP contribution in [0.3, 0.4) is 0 Å². The van der Waals surface area contributed by atoms with Gasteiger partial charge in [0.2, 0.25) is 11.2 Å². The Morgan fingerprint density at radius 3 is 2.28 bits per heavy atom. The Morgan fingerprint density at radius 1 is 0.938 bits per heavy atom. The first-order valence-corrected chi connectivity index (χ1v) is 10.1. The van der Waals surface area contributed by atoms with Crippen LogP contribution in [-0.2, 0) is 6.61 Å². The van der Waals surface area contributed by atoms with E-state index in [1.807, 2.05) is 18.2 Å². The largest absolute Gasteiger partial charge is 0.497 e. The third-order valence-electron chi connectivity index (χ3n) is 5.12. The summed E-state index contributed by atoms with van der Waals surface area (Å²) in [6.07, 6.45) is 2.59. The van der Waals surface area contributed by atoms with Crippen LogP contribution in [0.1, 0.15) is 26.7 Å². The lowest BCUT2D eigenvalue weighted by atomic mass is 10.2. The Hall–Kier alpha value is -4.01. The molecular formula is C23H22N2O7. The normalized spacial score (nSPS) is 13.7. The van der Waals surface area contributed by atoms with Gasteiger partial charge in [-0.05, 0) is 29.8 Å². The van der Waals surface area contributed by atoms with Crippen LogP contribution < -0.4 is 14.9 Å². The quantitative estimate of drug-likeness (QED) is 0.582. The van der Waals surface area contributed by atoms with Gasteiger partial charge in [0.15, 0.2) is 11.5 Å². The average Bonchev–Trinajstić information content (AvgIpc) is 3.37. The molecule has 32 heavy (non-hydrogen) atoms. The summed E-state index contributed by atoms with van der Waals surface area (Å²) in [5.41, 5.74) is 0.375. The molecule has 1 saturated heterocycles. The van der Waals surface area contributed by atoms with E-state index in [-0.39, 0.29) is 29.8 Å². The summed E-state index contributed by atoms with van der Waals surface area (Å²) >= 11 is 0. The molecule has 2 amide bonds. The Kier molecular flexibility index (Phi) is 6.25. The molecule has 1 aromatic carbocycles. The van der Waals surface area contributed by atoms with E-state index in [2.05, 4.69) is 0 Å². The number of piperazine rings is 1. The van der Waals surface area contributed by atoms with Crippen molar-refractivity contribution in [1.82, 2.24) is 9.80 Å². The second-order valence-electron chi connectivity index (χ2n) is 7.17. The molecule has 166 valence electrons. The molecule has 4 rings (SSSR count). The SMILES string of the molecule is COc1cccc(COc2coc(C(=O)N3CCN(C(=O)c4ccco4)CC3)cc2=O)c1. The molecular weight excluding hydrogens is 416 g/mol. The van der Waals surface area contributed by atoms with Crippen molar-refractivity contribution in [3.8, 4) is 11.5 Å². The van der Waals surface area contributed by atoms with Crippen molar-refractivity contribution in [2.45, 2.75) is 6.61 Å². The van der Waals surface area contributed by atoms with Gasteiger partial charge >= 0.3 is 0 Å². The summed E-state index contributed by atoms with van der Waals surface area (Å²) in [6, 6.07) is 11.7. The van der Waals surface area contributed by atoms with Gasteiger partial charge in [-0.15, -0.1) is 0 Å². The molecule has 0 unspecified atom stereocenters. The number of carbonyl (C=O) groups excluding carboxylic acids is 2. The highest BCUT2D eigenvalue weighted by Gasteiger charge is 2.28. The minimum Gasteiger partial charge on any atom is -0.497 e. The highest BCUT2D eigenvalue weighted by molar-refractivity contribution is 5.93. The maximum Gasteiger partial charge on any atom is 0.289 e. The molecule has 2 aromatic heterocycles. The number of ether oxygens (including phenoxy) is 2. The number of benzene rings is 1. The minimum absolute atomic E-state index is 0.0123. The van der Waals surface area contributed by atoms with Crippen molar-refractivity contribution in [3.05, 3.63) is 82.3 Å². The first-order valence-electron chi connectivity index (χ1n) is 10.1. The zero-order chi connectivity index (χ0) is 22.5. The molecule has 9 nitrogen and oxygen atoms in total. The van der Waals surface area contributed by atoms with Crippen molar-refractivity contribution in [1.29, 1.82) is 0 Å². The molecule has 0 radical (unpaired) electrons. The van der Waals surface area contributed by atoms with E-state index in [0.29, 0.717) is 31.9 Å². The van der Waals surface area contributed by atoms with Crippen molar-refractivity contribution in [2.24, 2.45) is 0 Å². The lowest BCUT2D eigenvalue weighted by Crippen LogP contribution is -2.50. The molecule has 1 aliphatic heterocycles. The number of amides is 2. The smallest absolute Gasteiger partial charge is 0.289 e. The molecule has 9 heteroatoms. The number of furan rings is 1. The fraction of sp³-hybridized carbons (Fsp3) is 0.261. The monoisotopic (exact) mass is 438 g/mol. The first-order chi connectivity index (χ1) is 15.5. The minimum atomic E-state index is -0.450. The summed E-state index contributed by atoms with van der Waals surface area (Å²) in [7, 11) is 1.57. The summed E-state index contributed by atoms with van der Waals surface area (Å²) in [4.78, 5) is 40.6. The predicted octanol–water partition coefficient (Wildman–Crippen LogP) is 2.42. The van der Waals surface area contributed by atoms with E-state index >= 15 is 0 Å². The van der Waals surface area contributed by atoms with Crippen LogP contribution in [0.5, 0.6) is 11.5 Å². The van der Waals surface area contributed by atoms with Gasteiger partial charge in [0.05, 0.1) is 13.4 Å². The lowest BCUT2D eigenvalue weighted by Gasteiger charge is -2.33. The zero-order valence-corrected chi connectivity index (χ0v) is 17.5. The highest BCUT2D eigenvalue weighted by atomic mass is 16.5. The molecule has 0 bridgehead atoms. The fourth-order valence-corrected chi connectivity index (χ4v) is 3.36. The van der Waals surface area contributed by atoms with E-state index in [9.17, 15) is 14.4 Å². The van der Waals surface area contributed by atoms with E-state index in [1.165, 1.54) is 6.26 Å². The van der Waals surface area contributed by atoms with Crippen LogP contribution in [0, 0.1) is 0 Å². The molecule has 0 aliphatic carbocycles. The van der Waals surface area contributed by atoms with Gasteiger partial charge in [0, 0.05) is 32.2 Å². The van der Waals surface area contributed by atoms with E-state index in [0.717, 1.165) is 17.9 Å². The molecule has 3 heterocycles. The molecule has 3 aromatic rings. The summed E-state index contributed by atoms with van der Waals surface area (Å²) < 4.78 is 21.2. The molecule has 0 atom stereocenters. The third kappa shape index (κ3) is 4.66. The van der Waals surface area contributed by atoms with Crippen LogP contribution in [0.4, 0.5) is 0 Å². The van der Waals surface area contributed by atoms with E-state index in [1.54, 1.807) is 35.1 Å². The van der Waals surface area contributed by atoms with Crippen molar-refractivity contribution in [2.75, 3.05) is 33.3 Å². The lowest BCUT2D eigenvalue weighted by molar-refractivity contribution is 0.0500. The number of hydrogen-bond acceptors (Lipinski definition) is 7. The standard InChI is InChI=1S/C23H22N2O7/c1-29-17-5-2-4-16(12-17)14-31-21-15-32-20(13-18(21)26)23(28)25-9-7-24(8-10-25)22(27)19-6-3-11-30-19/h2-6,11-13,15H,7-10,14H2,1H3. The van der Waals surface area contributed by atoms with Crippen LogP contribution in [0.2, 0.25) is 0 Å². The van der Waals surface area contributed by atoms with Gasteiger partial charge in [-0.1, -0.05) is 12.1 Å². The maximum absolute atomic E-state index is 12.7. The molecule has 1 fully saturated rings. The summed E-state index contributed by atoms with van der Waals surface area (Å²) in [5, 5.41) is 0. The number of hydrogen-bond donors (Lipinski definition) is 0. The van der Waals surface area contributed by atoms with Gasteiger partial charge < -0.3 is 28.1 Å². The van der Waals surface area contributed by atoms with Gasteiger partial charge in [-0.3, -0.25) is 14.4 Å². The molecule has 0 spiro atoms. The highest BCUT2D eigenvalue weighted by Crippen LogP contribution is 2.16. The second kappa shape index (κ2) is 9.42.